The van der Waals surface area contributed by atoms with E-state index in [1.165, 1.54) is 6.92 Å². The first kappa shape index (κ1) is 17.6. The molecule has 134 valence electrons. The second kappa shape index (κ2) is 7.37. The molecular formula is C18H21NO6. The number of carbonyl (C=O) groups is 1. The van der Waals surface area contributed by atoms with E-state index in [9.17, 15) is 20.1 Å². The molecule has 0 bridgehead atoms. The Labute approximate surface area is 144 Å². The number of fused-ring (bicyclic) bond motifs is 1. The minimum absolute atomic E-state index is 0.394. The van der Waals surface area contributed by atoms with Crippen molar-refractivity contribution in [3.05, 3.63) is 42.5 Å². The fourth-order valence-electron chi connectivity index (χ4n) is 2.95. The smallest absolute Gasteiger partial charge is 0.223 e. The maximum absolute atomic E-state index is 11.4. The first-order valence-electron chi connectivity index (χ1n) is 8.04. The van der Waals surface area contributed by atoms with Gasteiger partial charge < -0.3 is 30.1 Å². The molecule has 5 atom stereocenters. The Bertz CT molecular complexity index is 751. The van der Waals surface area contributed by atoms with Crippen LogP contribution in [0.5, 0.6) is 5.75 Å². The van der Waals surface area contributed by atoms with E-state index in [2.05, 4.69) is 5.32 Å². The summed E-state index contributed by atoms with van der Waals surface area (Å²) in [6, 6.07) is 12.2. The maximum atomic E-state index is 11.4. The van der Waals surface area contributed by atoms with Crippen molar-refractivity contribution >= 4 is 16.7 Å². The van der Waals surface area contributed by atoms with E-state index in [1.807, 2.05) is 36.4 Å². The minimum Gasteiger partial charge on any atom is -0.463 e. The number of amides is 1. The number of aliphatic hydroxyl groups excluding tert-OH is 3. The third kappa shape index (κ3) is 3.74. The first-order chi connectivity index (χ1) is 12.0. The van der Waals surface area contributed by atoms with Crippen molar-refractivity contribution in [2.24, 2.45) is 0 Å². The van der Waals surface area contributed by atoms with Crippen molar-refractivity contribution in [2.75, 3.05) is 6.61 Å². The Kier molecular flexibility index (Phi) is 5.19. The van der Waals surface area contributed by atoms with E-state index in [4.69, 9.17) is 9.47 Å². The van der Waals surface area contributed by atoms with E-state index in [0.29, 0.717) is 5.75 Å². The van der Waals surface area contributed by atoms with Crippen LogP contribution in [0.4, 0.5) is 0 Å². The molecule has 0 aromatic heterocycles. The second-order valence-corrected chi connectivity index (χ2v) is 6.06. The molecule has 1 saturated heterocycles. The number of aliphatic hydroxyl groups is 3. The van der Waals surface area contributed by atoms with Crippen molar-refractivity contribution < 1.29 is 29.6 Å². The van der Waals surface area contributed by atoms with Gasteiger partial charge in [-0.1, -0.05) is 30.3 Å². The van der Waals surface area contributed by atoms with Gasteiger partial charge in [-0.05, 0) is 22.9 Å². The van der Waals surface area contributed by atoms with Crippen LogP contribution in [0.25, 0.3) is 10.8 Å². The largest absolute Gasteiger partial charge is 0.463 e. The monoisotopic (exact) mass is 347 g/mol. The topological polar surface area (TPSA) is 108 Å². The SMILES string of the molecule is CC(=O)N[C@@H]1[C@H](Oc2ccc3ccccc3c2)O[C@H](CO)[C@@H](O)[C@H]1O. The van der Waals surface area contributed by atoms with Gasteiger partial charge in [-0.3, -0.25) is 4.79 Å². The molecule has 7 heteroatoms. The summed E-state index contributed by atoms with van der Waals surface area (Å²) in [6.07, 6.45) is -4.73. The summed E-state index contributed by atoms with van der Waals surface area (Å²) < 4.78 is 11.4. The molecule has 0 unspecified atom stereocenters. The van der Waals surface area contributed by atoms with E-state index < -0.39 is 43.2 Å². The van der Waals surface area contributed by atoms with Crippen LogP contribution in [0.3, 0.4) is 0 Å². The predicted octanol–water partition coefficient (Wildman–Crippen LogP) is 0.162. The maximum Gasteiger partial charge on any atom is 0.223 e. The van der Waals surface area contributed by atoms with E-state index >= 15 is 0 Å². The van der Waals surface area contributed by atoms with Crippen LogP contribution in [0, 0.1) is 0 Å². The molecule has 2 aromatic carbocycles. The summed E-state index contributed by atoms with van der Waals surface area (Å²) in [4.78, 5) is 11.4. The number of benzene rings is 2. The van der Waals surface area contributed by atoms with Crippen LogP contribution >= 0.6 is 0 Å². The normalized spacial score (nSPS) is 29.4. The van der Waals surface area contributed by atoms with Gasteiger partial charge in [-0.2, -0.15) is 0 Å². The molecule has 1 aliphatic heterocycles. The van der Waals surface area contributed by atoms with Crippen LogP contribution in [-0.2, 0) is 9.53 Å². The Morgan fingerprint density at radius 2 is 1.88 bits per heavy atom. The number of ether oxygens (including phenoxy) is 2. The number of carbonyl (C=O) groups excluding carboxylic acids is 1. The number of rotatable bonds is 4. The zero-order valence-corrected chi connectivity index (χ0v) is 13.7. The van der Waals surface area contributed by atoms with Crippen molar-refractivity contribution in [2.45, 2.75) is 37.6 Å². The molecule has 1 heterocycles. The highest BCUT2D eigenvalue weighted by atomic mass is 16.7. The molecule has 1 amide bonds. The minimum atomic E-state index is -1.33. The lowest BCUT2D eigenvalue weighted by Gasteiger charge is -2.42. The standard InChI is InChI=1S/C18H21NO6/c1-10(21)19-15-17(23)16(22)14(9-20)25-18(15)24-13-7-6-11-4-2-3-5-12(11)8-13/h2-8,14-18,20,22-23H,9H2,1H3,(H,19,21)/t14-,15+,16-,17+,18-/m1/s1. The van der Waals surface area contributed by atoms with Crippen molar-refractivity contribution in [3.8, 4) is 5.75 Å². The van der Waals surface area contributed by atoms with Gasteiger partial charge in [0.05, 0.1) is 6.61 Å². The summed E-state index contributed by atoms with van der Waals surface area (Å²) >= 11 is 0. The summed E-state index contributed by atoms with van der Waals surface area (Å²) in [5.74, 6) is 0.0914. The highest BCUT2D eigenvalue weighted by Gasteiger charge is 2.46. The van der Waals surface area contributed by atoms with E-state index in [-0.39, 0.29) is 0 Å². The van der Waals surface area contributed by atoms with Gasteiger partial charge in [0.25, 0.3) is 0 Å². The molecule has 0 saturated carbocycles. The Morgan fingerprint density at radius 3 is 2.56 bits per heavy atom. The lowest BCUT2D eigenvalue weighted by molar-refractivity contribution is -0.244. The second-order valence-electron chi connectivity index (χ2n) is 6.06. The van der Waals surface area contributed by atoms with Crippen molar-refractivity contribution in [3.63, 3.8) is 0 Å². The van der Waals surface area contributed by atoms with Gasteiger partial charge in [0.2, 0.25) is 12.2 Å². The summed E-state index contributed by atoms with van der Waals surface area (Å²) in [6.45, 7) is 0.812. The molecule has 0 spiro atoms. The van der Waals surface area contributed by atoms with Gasteiger partial charge in [0.15, 0.2) is 0 Å². The average Bonchev–Trinajstić information content (AvgIpc) is 2.61. The van der Waals surface area contributed by atoms with Crippen LogP contribution in [0.1, 0.15) is 6.92 Å². The van der Waals surface area contributed by atoms with Gasteiger partial charge >= 0.3 is 0 Å². The number of nitrogens with one attached hydrogen (secondary N) is 1. The quantitative estimate of drug-likeness (QED) is 0.628. The van der Waals surface area contributed by atoms with Gasteiger partial charge in [0, 0.05) is 6.92 Å². The summed E-state index contributed by atoms with van der Waals surface area (Å²) in [5.41, 5.74) is 0. The molecule has 3 rings (SSSR count). The highest BCUT2D eigenvalue weighted by molar-refractivity contribution is 5.83. The number of hydrogen-bond donors (Lipinski definition) is 4. The molecule has 4 N–H and O–H groups in total. The number of hydrogen-bond acceptors (Lipinski definition) is 6. The van der Waals surface area contributed by atoms with E-state index in [1.54, 1.807) is 6.07 Å². The van der Waals surface area contributed by atoms with Crippen LogP contribution < -0.4 is 10.1 Å². The average molecular weight is 347 g/mol. The third-order valence-corrected chi connectivity index (χ3v) is 4.22. The predicted molar refractivity (Wildman–Crippen MR) is 89.9 cm³/mol. The van der Waals surface area contributed by atoms with Crippen LogP contribution in [-0.4, -0.2) is 58.5 Å². The molecule has 1 aliphatic rings. The molecule has 2 aromatic rings. The Balaban J connectivity index is 1.86. The van der Waals surface area contributed by atoms with E-state index in [0.717, 1.165) is 10.8 Å². The Hall–Kier alpha value is -2.19. The third-order valence-electron chi connectivity index (χ3n) is 4.22. The fraction of sp³-hybridized carbons (Fsp3) is 0.389. The summed E-state index contributed by atoms with van der Waals surface area (Å²) in [5, 5.41) is 34.2. The summed E-state index contributed by atoms with van der Waals surface area (Å²) in [7, 11) is 0. The molecule has 25 heavy (non-hydrogen) atoms. The zero-order valence-electron chi connectivity index (χ0n) is 13.7. The lowest BCUT2D eigenvalue weighted by atomic mass is 9.97. The Morgan fingerprint density at radius 1 is 1.16 bits per heavy atom. The first-order valence-corrected chi connectivity index (χ1v) is 8.04. The van der Waals surface area contributed by atoms with Crippen LogP contribution in [0.15, 0.2) is 42.5 Å². The van der Waals surface area contributed by atoms with Gasteiger partial charge in [-0.25, -0.2) is 0 Å². The molecule has 0 radical (unpaired) electrons. The molecule has 7 nitrogen and oxygen atoms in total. The lowest BCUT2D eigenvalue weighted by Crippen LogP contribution is -2.65. The highest BCUT2D eigenvalue weighted by Crippen LogP contribution is 2.26. The van der Waals surface area contributed by atoms with Crippen LogP contribution in [0.2, 0.25) is 0 Å². The zero-order chi connectivity index (χ0) is 18.0. The van der Waals surface area contributed by atoms with Gasteiger partial charge in [-0.15, -0.1) is 0 Å². The van der Waals surface area contributed by atoms with Crippen molar-refractivity contribution in [1.82, 2.24) is 5.32 Å². The molecular weight excluding hydrogens is 326 g/mol. The molecule has 0 aliphatic carbocycles. The molecule has 1 fully saturated rings. The van der Waals surface area contributed by atoms with Gasteiger partial charge in [0.1, 0.15) is 30.1 Å². The van der Waals surface area contributed by atoms with Crippen molar-refractivity contribution in [1.29, 1.82) is 0 Å². The fourth-order valence-corrected chi connectivity index (χ4v) is 2.95.